The third-order valence-electron chi connectivity index (χ3n) is 5.98. The summed E-state index contributed by atoms with van der Waals surface area (Å²) in [5.41, 5.74) is 3.56. The Hall–Kier alpha value is -5.18. The van der Waals surface area contributed by atoms with Crippen LogP contribution in [0.2, 0.25) is 0 Å². The lowest BCUT2D eigenvalue weighted by molar-refractivity contribution is -0.384. The van der Waals surface area contributed by atoms with Gasteiger partial charge in [-0.3, -0.25) is 14.9 Å². The quantitative estimate of drug-likeness (QED) is 0.128. The molecule has 1 aliphatic rings. The van der Waals surface area contributed by atoms with E-state index in [1.165, 1.54) is 32.6 Å². The van der Waals surface area contributed by atoms with Gasteiger partial charge in [0.05, 0.1) is 42.5 Å². The summed E-state index contributed by atoms with van der Waals surface area (Å²) >= 11 is 3.21. The molecule has 3 aromatic rings. The number of benzene rings is 2. The number of carbonyl (C=O) groups is 3. The number of amides is 3. The predicted molar refractivity (Wildman–Crippen MR) is 152 cm³/mol. The van der Waals surface area contributed by atoms with E-state index in [0.717, 1.165) is 0 Å². The highest BCUT2D eigenvalue weighted by atomic mass is 79.9. The summed E-state index contributed by atoms with van der Waals surface area (Å²) in [6, 6.07) is 11.1. The van der Waals surface area contributed by atoms with E-state index in [2.05, 4.69) is 37.1 Å². The van der Waals surface area contributed by atoms with Gasteiger partial charge in [0.15, 0.2) is 18.1 Å². The van der Waals surface area contributed by atoms with Crippen LogP contribution in [0.4, 0.5) is 10.5 Å². The zero-order valence-electron chi connectivity index (χ0n) is 22.4. The zero-order chi connectivity index (χ0) is 30.4. The largest absolute Gasteiger partial charge is 0.493 e. The molecule has 3 N–H and O–H groups in total. The highest BCUT2D eigenvalue weighted by molar-refractivity contribution is 9.10. The number of ether oxygens (including phenoxy) is 3. The number of hydrogen-bond acceptors (Lipinski definition) is 10. The lowest BCUT2D eigenvalue weighted by atomic mass is 9.95. The topological polar surface area (TPSA) is 184 Å². The molecule has 0 fully saturated rings. The number of rotatable bonds is 10. The Labute approximate surface area is 247 Å². The number of nitro groups is 1. The minimum atomic E-state index is -0.802. The van der Waals surface area contributed by atoms with Crippen LogP contribution in [0, 0.1) is 10.1 Å². The normalized spacial score (nSPS) is 14.7. The molecule has 0 bridgehead atoms. The standard InChI is InChI=1S/C27H24BrN5O9/c1-14-24(26(35)40-3)25(31-27(36)30-14)15-4-8-21(22(10-15)39-2)41-13-23(34)32-29-12-17-6-9-20(42-17)18-7-5-16(28)11-19(18)33(37)38/h4-12,25H,13H2,1-3H3,(H,32,34)(H2,30,31,36)/b29-12-/t25-/m0/s1. The van der Waals surface area contributed by atoms with Crippen molar-refractivity contribution in [2.45, 2.75) is 13.0 Å². The number of furan rings is 1. The molecule has 3 amide bonds. The van der Waals surface area contributed by atoms with Gasteiger partial charge in [-0.25, -0.2) is 15.0 Å². The number of hydrazone groups is 1. The maximum Gasteiger partial charge on any atom is 0.337 e. The number of nitrogens with one attached hydrogen (secondary N) is 3. The van der Waals surface area contributed by atoms with Crippen molar-refractivity contribution in [3.05, 3.63) is 85.7 Å². The van der Waals surface area contributed by atoms with Crippen LogP contribution in [0.3, 0.4) is 0 Å². The van der Waals surface area contributed by atoms with Crippen LogP contribution in [0.1, 0.15) is 24.3 Å². The average Bonchev–Trinajstić information content (AvgIpc) is 3.43. The van der Waals surface area contributed by atoms with Crippen LogP contribution >= 0.6 is 15.9 Å². The van der Waals surface area contributed by atoms with Gasteiger partial charge in [0.25, 0.3) is 11.6 Å². The molecule has 1 atom stereocenters. The molecule has 218 valence electrons. The van der Waals surface area contributed by atoms with Crippen LogP contribution < -0.4 is 25.5 Å². The number of urea groups is 1. The highest BCUT2D eigenvalue weighted by Crippen LogP contribution is 2.35. The number of carbonyl (C=O) groups excluding carboxylic acids is 3. The Balaban J connectivity index is 1.39. The Kier molecular flexibility index (Phi) is 9.22. The minimum Gasteiger partial charge on any atom is -0.493 e. The second-order valence-corrected chi connectivity index (χ2v) is 9.59. The number of nitro benzene ring substituents is 1. The summed E-state index contributed by atoms with van der Waals surface area (Å²) in [6.07, 6.45) is 1.24. The van der Waals surface area contributed by atoms with E-state index >= 15 is 0 Å². The van der Waals surface area contributed by atoms with E-state index in [1.54, 1.807) is 43.3 Å². The van der Waals surface area contributed by atoms with E-state index in [0.29, 0.717) is 15.7 Å². The molecule has 14 nitrogen and oxygen atoms in total. The van der Waals surface area contributed by atoms with E-state index in [-0.39, 0.29) is 39.8 Å². The Morgan fingerprint density at radius 3 is 2.67 bits per heavy atom. The molecule has 0 saturated carbocycles. The molecule has 1 aromatic heterocycles. The molecule has 2 heterocycles. The highest BCUT2D eigenvalue weighted by Gasteiger charge is 2.32. The van der Waals surface area contributed by atoms with Crippen molar-refractivity contribution >= 4 is 45.7 Å². The average molecular weight is 642 g/mol. The summed E-state index contributed by atoms with van der Waals surface area (Å²) in [5, 5.41) is 20.4. The lowest BCUT2D eigenvalue weighted by Gasteiger charge is -2.28. The van der Waals surface area contributed by atoms with Crippen molar-refractivity contribution in [3.63, 3.8) is 0 Å². The Morgan fingerprint density at radius 2 is 1.95 bits per heavy atom. The molecular weight excluding hydrogens is 618 g/mol. The first-order chi connectivity index (χ1) is 20.1. The number of allylic oxidation sites excluding steroid dienone is 1. The molecule has 0 aliphatic carbocycles. The maximum atomic E-state index is 12.3. The molecule has 0 unspecified atom stereocenters. The summed E-state index contributed by atoms with van der Waals surface area (Å²) in [4.78, 5) is 47.6. The van der Waals surface area contributed by atoms with Crippen LogP contribution in [0.15, 0.2) is 73.8 Å². The number of nitrogens with zero attached hydrogens (tertiary/aromatic N) is 2. The second-order valence-electron chi connectivity index (χ2n) is 8.67. The first kappa shape index (κ1) is 29.8. The smallest absolute Gasteiger partial charge is 0.337 e. The molecule has 2 aromatic carbocycles. The van der Waals surface area contributed by atoms with Crippen molar-refractivity contribution < 1.29 is 37.9 Å². The molecular formula is C27H24BrN5O9. The van der Waals surface area contributed by atoms with Crippen LogP contribution in [-0.4, -0.2) is 49.9 Å². The van der Waals surface area contributed by atoms with Gasteiger partial charge in [0, 0.05) is 16.2 Å². The SMILES string of the molecule is COC(=O)C1=C(C)NC(=O)N[C@H]1c1ccc(OCC(=O)N/N=C\c2ccc(-c3ccc(Br)cc3[N+](=O)[O-])o2)c(OC)c1. The van der Waals surface area contributed by atoms with Gasteiger partial charge in [-0.2, -0.15) is 5.10 Å². The zero-order valence-corrected chi connectivity index (χ0v) is 24.0. The number of methoxy groups -OCH3 is 2. The second kappa shape index (κ2) is 13.0. The van der Waals surface area contributed by atoms with Gasteiger partial charge in [0.2, 0.25) is 0 Å². The van der Waals surface area contributed by atoms with Crippen molar-refractivity contribution in [1.29, 1.82) is 0 Å². The molecule has 15 heteroatoms. The molecule has 0 spiro atoms. The molecule has 4 rings (SSSR count). The fraction of sp³-hybridized carbons (Fsp3) is 0.185. The monoisotopic (exact) mass is 641 g/mol. The van der Waals surface area contributed by atoms with Gasteiger partial charge in [0.1, 0.15) is 11.5 Å². The van der Waals surface area contributed by atoms with Gasteiger partial charge < -0.3 is 29.3 Å². The third kappa shape index (κ3) is 6.75. The maximum absolute atomic E-state index is 12.3. The van der Waals surface area contributed by atoms with E-state index < -0.39 is 35.5 Å². The van der Waals surface area contributed by atoms with Crippen LogP contribution in [0.25, 0.3) is 11.3 Å². The van der Waals surface area contributed by atoms with Gasteiger partial charge >= 0.3 is 12.0 Å². The lowest BCUT2D eigenvalue weighted by Crippen LogP contribution is -2.45. The first-order valence-corrected chi connectivity index (χ1v) is 12.9. The number of esters is 1. The summed E-state index contributed by atoms with van der Waals surface area (Å²) in [6.45, 7) is 1.17. The Morgan fingerprint density at radius 1 is 1.17 bits per heavy atom. The van der Waals surface area contributed by atoms with Gasteiger partial charge in [-0.15, -0.1) is 0 Å². The summed E-state index contributed by atoms with van der Waals surface area (Å²) < 4.78 is 22.0. The number of halogens is 1. The predicted octanol–water partition coefficient (Wildman–Crippen LogP) is 3.96. The minimum absolute atomic E-state index is 0.132. The van der Waals surface area contributed by atoms with Crippen LogP contribution in [-0.2, 0) is 14.3 Å². The van der Waals surface area contributed by atoms with Gasteiger partial charge in [-0.05, 0) is 48.9 Å². The van der Waals surface area contributed by atoms with Gasteiger partial charge in [-0.1, -0.05) is 22.0 Å². The molecule has 0 saturated heterocycles. The Bertz CT molecular complexity index is 1610. The summed E-state index contributed by atoms with van der Waals surface area (Å²) in [5.74, 6) is -0.210. The van der Waals surface area contributed by atoms with E-state index in [9.17, 15) is 24.5 Å². The van der Waals surface area contributed by atoms with E-state index in [4.69, 9.17) is 18.6 Å². The molecule has 42 heavy (non-hydrogen) atoms. The molecule has 1 aliphatic heterocycles. The first-order valence-electron chi connectivity index (χ1n) is 12.1. The summed E-state index contributed by atoms with van der Waals surface area (Å²) in [7, 11) is 2.65. The fourth-order valence-corrected chi connectivity index (χ4v) is 4.43. The van der Waals surface area contributed by atoms with Crippen LogP contribution in [0.5, 0.6) is 11.5 Å². The van der Waals surface area contributed by atoms with Crippen molar-refractivity contribution in [2.75, 3.05) is 20.8 Å². The molecule has 0 radical (unpaired) electrons. The van der Waals surface area contributed by atoms with Crippen molar-refractivity contribution in [1.82, 2.24) is 16.1 Å². The third-order valence-corrected chi connectivity index (χ3v) is 6.48. The van der Waals surface area contributed by atoms with E-state index in [1.807, 2.05) is 0 Å². The number of hydrogen-bond donors (Lipinski definition) is 3. The van der Waals surface area contributed by atoms with Crippen molar-refractivity contribution in [2.24, 2.45) is 5.10 Å². The van der Waals surface area contributed by atoms with Crippen molar-refractivity contribution in [3.8, 4) is 22.8 Å². The fourth-order valence-electron chi connectivity index (χ4n) is 4.08.